The standard InChI is InChI=1S/C16H27N3O4S/c1-12(2)18-10-14(16-5-4-13(3)23-16)15(11-18)17-24(20,21)19-6-8-22-9-7-19/h4-5,12,14-15,17H,6-11H2,1-3H3/t14-,15-/m0/s1. The Hall–Kier alpha value is -0.930. The third-order valence-electron chi connectivity index (χ3n) is 4.82. The summed E-state index contributed by atoms with van der Waals surface area (Å²) < 4.78 is 40.8. The molecule has 1 aromatic rings. The van der Waals surface area contributed by atoms with Crippen LogP contribution >= 0.6 is 0 Å². The van der Waals surface area contributed by atoms with E-state index >= 15 is 0 Å². The van der Waals surface area contributed by atoms with Crippen molar-refractivity contribution in [1.29, 1.82) is 0 Å². The second-order valence-corrected chi connectivity index (χ2v) is 8.55. The van der Waals surface area contributed by atoms with Crippen molar-refractivity contribution in [3.8, 4) is 0 Å². The molecule has 1 N–H and O–H groups in total. The summed E-state index contributed by atoms with van der Waals surface area (Å²) in [4.78, 5) is 2.29. The monoisotopic (exact) mass is 357 g/mol. The van der Waals surface area contributed by atoms with Gasteiger partial charge in [0.2, 0.25) is 0 Å². The van der Waals surface area contributed by atoms with Gasteiger partial charge in [-0.25, -0.2) is 0 Å². The molecule has 24 heavy (non-hydrogen) atoms. The first-order valence-corrected chi connectivity index (χ1v) is 9.96. The van der Waals surface area contributed by atoms with Crippen LogP contribution in [0.1, 0.15) is 31.3 Å². The van der Waals surface area contributed by atoms with Crippen molar-refractivity contribution in [2.45, 2.75) is 38.8 Å². The van der Waals surface area contributed by atoms with Gasteiger partial charge >= 0.3 is 0 Å². The first-order chi connectivity index (χ1) is 11.4. The minimum absolute atomic E-state index is 0.0249. The Morgan fingerprint density at radius 1 is 1.21 bits per heavy atom. The number of hydrogen-bond donors (Lipinski definition) is 1. The molecule has 2 saturated heterocycles. The normalized spacial score (nSPS) is 27.2. The highest BCUT2D eigenvalue weighted by Crippen LogP contribution is 2.30. The Morgan fingerprint density at radius 3 is 2.50 bits per heavy atom. The summed E-state index contributed by atoms with van der Waals surface area (Å²) in [6.45, 7) is 9.35. The fraction of sp³-hybridized carbons (Fsp3) is 0.750. The molecular formula is C16H27N3O4S. The molecule has 0 unspecified atom stereocenters. The SMILES string of the molecule is Cc1ccc([C@H]2CN(C(C)C)C[C@@H]2NS(=O)(=O)N2CCOCC2)o1. The fourth-order valence-corrected chi connectivity index (χ4v) is 4.77. The van der Waals surface area contributed by atoms with Crippen LogP contribution in [0.3, 0.4) is 0 Å². The highest BCUT2D eigenvalue weighted by Gasteiger charge is 2.40. The summed E-state index contributed by atoms with van der Waals surface area (Å²) in [7, 11) is -3.51. The zero-order valence-electron chi connectivity index (χ0n) is 14.6. The number of aryl methyl sites for hydroxylation is 1. The fourth-order valence-electron chi connectivity index (χ4n) is 3.37. The maximum absolute atomic E-state index is 12.7. The molecule has 0 spiro atoms. The molecule has 0 saturated carbocycles. The average molecular weight is 357 g/mol. The van der Waals surface area contributed by atoms with Crippen LogP contribution in [0, 0.1) is 6.92 Å². The second-order valence-electron chi connectivity index (χ2n) is 6.84. The van der Waals surface area contributed by atoms with E-state index in [0.29, 0.717) is 38.9 Å². The van der Waals surface area contributed by atoms with Gasteiger partial charge in [0.15, 0.2) is 0 Å². The van der Waals surface area contributed by atoms with E-state index in [1.807, 2.05) is 19.1 Å². The lowest BCUT2D eigenvalue weighted by atomic mass is 10.0. The van der Waals surface area contributed by atoms with Gasteiger partial charge in [-0.2, -0.15) is 17.4 Å². The molecule has 7 nitrogen and oxygen atoms in total. The van der Waals surface area contributed by atoms with Crippen LogP contribution in [0.25, 0.3) is 0 Å². The van der Waals surface area contributed by atoms with Crippen LogP contribution in [-0.2, 0) is 14.9 Å². The van der Waals surface area contributed by atoms with E-state index in [-0.39, 0.29) is 12.0 Å². The molecule has 2 aliphatic rings. The van der Waals surface area contributed by atoms with E-state index in [4.69, 9.17) is 9.15 Å². The molecule has 136 valence electrons. The Morgan fingerprint density at radius 2 is 1.92 bits per heavy atom. The predicted octanol–water partition coefficient (Wildman–Crippen LogP) is 0.931. The number of morpholine rings is 1. The van der Waals surface area contributed by atoms with Gasteiger partial charge in [0.25, 0.3) is 10.2 Å². The highest BCUT2D eigenvalue weighted by molar-refractivity contribution is 7.87. The van der Waals surface area contributed by atoms with Crippen LogP contribution in [0.15, 0.2) is 16.5 Å². The zero-order valence-corrected chi connectivity index (χ0v) is 15.4. The van der Waals surface area contributed by atoms with Crippen LogP contribution in [0.5, 0.6) is 0 Å². The maximum atomic E-state index is 12.7. The largest absolute Gasteiger partial charge is 0.466 e. The topological polar surface area (TPSA) is 75.0 Å². The van der Waals surface area contributed by atoms with Crippen molar-refractivity contribution in [1.82, 2.24) is 13.9 Å². The quantitative estimate of drug-likeness (QED) is 0.849. The van der Waals surface area contributed by atoms with E-state index in [0.717, 1.165) is 18.1 Å². The van der Waals surface area contributed by atoms with Gasteiger partial charge in [0.05, 0.1) is 13.2 Å². The summed E-state index contributed by atoms with van der Waals surface area (Å²) in [5, 5.41) is 0. The van der Waals surface area contributed by atoms with Gasteiger partial charge in [-0.1, -0.05) is 0 Å². The third kappa shape index (κ3) is 3.83. The first-order valence-electron chi connectivity index (χ1n) is 8.52. The molecule has 8 heteroatoms. The molecule has 3 rings (SSSR count). The Balaban J connectivity index is 1.77. The van der Waals surface area contributed by atoms with Gasteiger partial charge in [-0.15, -0.1) is 0 Å². The molecular weight excluding hydrogens is 330 g/mol. The van der Waals surface area contributed by atoms with Crippen molar-refractivity contribution in [3.05, 3.63) is 23.7 Å². The zero-order chi connectivity index (χ0) is 17.3. The van der Waals surface area contributed by atoms with Crippen LogP contribution < -0.4 is 4.72 Å². The summed E-state index contributed by atoms with van der Waals surface area (Å²) in [6.07, 6.45) is 0. The summed E-state index contributed by atoms with van der Waals surface area (Å²) in [5.41, 5.74) is 0. The number of nitrogens with one attached hydrogen (secondary N) is 1. The van der Waals surface area contributed by atoms with Crippen LogP contribution in [0.4, 0.5) is 0 Å². The van der Waals surface area contributed by atoms with E-state index < -0.39 is 10.2 Å². The van der Waals surface area contributed by atoms with Crippen LogP contribution in [-0.4, -0.2) is 69.1 Å². The minimum Gasteiger partial charge on any atom is -0.466 e. The molecule has 0 aliphatic carbocycles. The molecule has 0 amide bonds. The minimum atomic E-state index is -3.51. The van der Waals surface area contributed by atoms with Crippen molar-refractivity contribution >= 4 is 10.2 Å². The van der Waals surface area contributed by atoms with Crippen molar-refractivity contribution in [3.63, 3.8) is 0 Å². The average Bonchev–Trinajstić information content (AvgIpc) is 3.14. The molecule has 0 bridgehead atoms. The lowest BCUT2D eigenvalue weighted by molar-refractivity contribution is 0.0723. The predicted molar refractivity (Wildman–Crippen MR) is 91.1 cm³/mol. The van der Waals surface area contributed by atoms with Gasteiger partial charge in [0, 0.05) is 44.2 Å². The van der Waals surface area contributed by atoms with Crippen LogP contribution in [0.2, 0.25) is 0 Å². The Kier molecular flexibility index (Phi) is 5.31. The molecule has 2 aliphatic heterocycles. The molecule has 0 radical (unpaired) electrons. The van der Waals surface area contributed by atoms with E-state index in [1.165, 1.54) is 4.31 Å². The van der Waals surface area contributed by atoms with Crippen molar-refractivity contribution in [2.75, 3.05) is 39.4 Å². The summed E-state index contributed by atoms with van der Waals surface area (Å²) in [6, 6.07) is 4.06. The molecule has 1 aromatic heterocycles. The summed E-state index contributed by atoms with van der Waals surface area (Å²) in [5.74, 6) is 1.73. The smallest absolute Gasteiger partial charge is 0.279 e. The highest BCUT2D eigenvalue weighted by atomic mass is 32.2. The van der Waals surface area contributed by atoms with Gasteiger partial charge in [-0.3, -0.25) is 4.90 Å². The number of furan rings is 1. The molecule has 0 aromatic carbocycles. The Bertz CT molecular complexity index is 652. The van der Waals surface area contributed by atoms with Crippen molar-refractivity contribution < 1.29 is 17.6 Å². The number of nitrogens with zero attached hydrogens (tertiary/aromatic N) is 2. The maximum Gasteiger partial charge on any atom is 0.279 e. The molecule has 2 fully saturated rings. The van der Waals surface area contributed by atoms with Gasteiger partial charge < -0.3 is 9.15 Å². The number of ether oxygens (including phenoxy) is 1. The lowest BCUT2D eigenvalue weighted by Gasteiger charge is -2.28. The Labute approximate surface area is 144 Å². The van der Waals surface area contributed by atoms with Gasteiger partial charge in [-0.05, 0) is 32.9 Å². The molecule has 2 atom stereocenters. The second kappa shape index (κ2) is 7.13. The summed E-state index contributed by atoms with van der Waals surface area (Å²) >= 11 is 0. The number of likely N-dealkylation sites (tertiary alicyclic amines) is 1. The number of hydrogen-bond acceptors (Lipinski definition) is 5. The molecule has 3 heterocycles. The van der Waals surface area contributed by atoms with Crippen molar-refractivity contribution in [2.24, 2.45) is 0 Å². The van der Waals surface area contributed by atoms with E-state index in [1.54, 1.807) is 0 Å². The first kappa shape index (κ1) is 17.9. The lowest BCUT2D eigenvalue weighted by Crippen LogP contribution is -2.51. The third-order valence-corrected chi connectivity index (χ3v) is 6.46. The van der Waals surface area contributed by atoms with E-state index in [2.05, 4.69) is 23.5 Å². The number of rotatable bonds is 5. The van der Waals surface area contributed by atoms with E-state index in [9.17, 15) is 8.42 Å². The van der Waals surface area contributed by atoms with Gasteiger partial charge in [0.1, 0.15) is 11.5 Å².